The third-order valence-electron chi connectivity index (χ3n) is 5.67. The highest BCUT2D eigenvalue weighted by Crippen LogP contribution is 2.37. The second kappa shape index (κ2) is 6.92. The third kappa shape index (κ3) is 3.03. The first-order valence-corrected chi connectivity index (χ1v) is 9.77. The van der Waals surface area contributed by atoms with Crippen molar-refractivity contribution in [2.45, 2.75) is 12.8 Å². The smallest absolute Gasteiger partial charge is 0.260 e. The van der Waals surface area contributed by atoms with E-state index >= 15 is 0 Å². The number of amidine groups is 1. The Morgan fingerprint density at radius 1 is 1.24 bits per heavy atom. The van der Waals surface area contributed by atoms with Gasteiger partial charge in [0.05, 0.1) is 18.8 Å². The zero-order valence-electron chi connectivity index (χ0n) is 16.0. The molecule has 6 heteroatoms. The predicted molar refractivity (Wildman–Crippen MR) is 113 cm³/mol. The second-order valence-corrected chi connectivity index (χ2v) is 7.49. The third-order valence-corrected chi connectivity index (χ3v) is 5.67. The average molecular weight is 384 g/mol. The maximum atomic E-state index is 12.7. The van der Waals surface area contributed by atoms with Crippen molar-refractivity contribution < 1.29 is 9.39 Å². The molecule has 0 saturated heterocycles. The molecule has 0 aromatic heterocycles. The van der Waals surface area contributed by atoms with E-state index in [9.17, 15) is 4.79 Å². The number of rotatable bonds is 4. The Labute approximate surface area is 169 Å². The molecule has 1 aromatic rings. The van der Waals surface area contributed by atoms with Crippen molar-refractivity contribution in [3.8, 4) is 0 Å². The zero-order chi connectivity index (χ0) is 19.8. The molecule has 3 heterocycles. The van der Waals surface area contributed by atoms with Crippen molar-refractivity contribution in [2.24, 2.45) is 15.8 Å². The van der Waals surface area contributed by atoms with E-state index in [1.807, 2.05) is 59.7 Å². The van der Waals surface area contributed by atoms with Crippen LogP contribution in [0.1, 0.15) is 12.0 Å². The molecule has 0 bridgehead atoms. The Bertz CT molecular complexity index is 1090. The molecule has 0 spiro atoms. The summed E-state index contributed by atoms with van der Waals surface area (Å²) in [5.41, 5.74) is 4.95. The van der Waals surface area contributed by atoms with Crippen LogP contribution in [0.25, 0.3) is 0 Å². The number of nitrogens with zero attached hydrogens (tertiary/aromatic N) is 4. The number of amides is 1. The van der Waals surface area contributed by atoms with Gasteiger partial charge in [0, 0.05) is 24.2 Å². The van der Waals surface area contributed by atoms with E-state index in [1.54, 1.807) is 12.4 Å². The lowest BCUT2D eigenvalue weighted by atomic mass is 10.0. The maximum absolute atomic E-state index is 12.7. The molecule has 3 aliphatic heterocycles. The summed E-state index contributed by atoms with van der Waals surface area (Å²) in [6.07, 6.45) is 14.7. The number of benzene rings is 1. The Hall–Kier alpha value is -3.35. The minimum atomic E-state index is 0.0355. The number of aliphatic imine (C=N–C) groups is 2. The van der Waals surface area contributed by atoms with Crippen molar-refractivity contribution in [1.82, 2.24) is 4.90 Å². The molecule has 5 rings (SSSR count). The van der Waals surface area contributed by atoms with Crippen molar-refractivity contribution in [3.05, 3.63) is 95.1 Å². The van der Waals surface area contributed by atoms with Crippen LogP contribution in [0.2, 0.25) is 0 Å². The largest absolute Gasteiger partial charge is 0.338 e. The first-order chi connectivity index (χ1) is 14.1. The van der Waals surface area contributed by atoms with Crippen LogP contribution in [0.5, 0.6) is 0 Å². The molecule has 1 unspecified atom stereocenters. The van der Waals surface area contributed by atoms with E-state index in [2.05, 4.69) is 11.1 Å². The van der Waals surface area contributed by atoms with Crippen LogP contribution in [0.15, 0.2) is 99.6 Å². The molecule has 0 radical (unpaired) electrons. The lowest BCUT2D eigenvalue weighted by Crippen LogP contribution is -2.54. The molecule has 29 heavy (non-hydrogen) atoms. The van der Waals surface area contributed by atoms with Crippen molar-refractivity contribution >= 4 is 18.0 Å². The topological polar surface area (TPSA) is 71.0 Å². The van der Waals surface area contributed by atoms with E-state index in [-0.39, 0.29) is 10.5 Å². The van der Waals surface area contributed by atoms with E-state index in [0.717, 1.165) is 40.4 Å². The molecule has 1 atom stereocenters. The Balaban J connectivity index is 1.35. The molecule has 1 amide bonds. The van der Waals surface area contributed by atoms with Gasteiger partial charge >= 0.3 is 0 Å². The highest BCUT2D eigenvalue weighted by molar-refractivity contribution is 6.01. The van der Waals surface area contributed by atoms with Crippen LogP contribution in [0, 0.1) is 0 Å². The van der Waals surface area contributed by atoms with E-state index < -0.39 is 0 Å². The minimum Gasteiger partial charge on any atom is -0.338 e. The molecule has 0 saturated carbocycles. The summed E-state index contributed by atoms with van der Waals surface area (Å²) < 4.78 is 0.0355. The van der Waals surface area contributed by atoms with E-state index in [4.69, 9.17) is 10.8 Å². The van der Waals surface area contributed by atoms with Gasteiger partial charge in [-0.2, -0.15) is 10.8 Å². The molecule has 2 N–H and O–H groups in total. The number of carbonyl (C=O) groups is 1. The zero-order valence-corrected chi connectivity index (χ0v) is 16.0. The fourth-order valence-corrected chi connectivity index (χ4v) is 3.95. The lowest BCUT2D eigenvalue weighted by molar-refractivity contribution is -0.750. The highest BCUT2D eigenvalue weighted by atomic mass is 16.2. The maximum Gasteiger partial charge on any atom is 0.260 e. The van der Waals surface area contributed by atoms with Crippen LogP contribution >= 0.6 is 0 Å². The van der Waals surface area contributed by atoms with Gasteiger partial charge in [0.15, 0.2) is 0 Å². The Morgan fingerprint density at radius 2 is 2.07 bits per heavy atom. The highest BCUT2D eigenvalue weighted by Gasteiger charge is 2.45. The summed E-state index contributed by atoms with van der Waals surface area (Å²) in [6, 6.07) is 9.86. The van der Waals surface area contributed by atoms with Gasteiger partial charge in [0.2, 0.25) is 11.6 Å². The van der Waals surface area contributed by atoms with Crippen LogP contribution in [-0.4, -0.2) is 40.5 Å². The molecular weight excluding hydrogens is 362 g/mol. The van der Waals surface area contributed by atoms with Crippen LogP contribution in [0.4, 0.5) is 0 Å². The second-order valence-electron chi connectivity index (χ2n) is 7.49. The van der Waals surface area contributed by atoms with Crippen molar-refractivity contribution in [1.29, 1.82) is 0 Å². The van der Waals surface area contributed by atoms with Crippen molar-refractivity contribution in [2.75, 3.05) is 13.1 Å². The molecule has 6 nitrogen and oxygen atoms in total. The Morgan fingerprint density at radius 3 is 2.76 bits per heavy atom. The number of quaternary nitrogens is 1. The van der Waals surface area contributed by atoms with Gasteiger partial charge < -0.3 is 4.90 Å². The summed E-state index contributed by atoms with van der Waals surface area (Å²) in [7, 11) is 0. The molecule has 144 valence electrons. The number of hydrogen-bond donors (Lipinski definition) is 1. The standard InChI is InChI=1S/C23H22N5O/c24-28-14-11-25-16-20(28)22(18-7-4-8-18)26-23(28)19-9-12-27(13-10-19)21(29)15-17-5-2-1-3-6-17/h1-9,11,14,16H,10,12-13,15,24H2/q+1. The van der Waals surface area contributed by atoms with Gasteiger partial charge in [-0.1, -0.05) is 54.6 Å². The van der Waals surface area contributed by atoms with Gasteiger partial charge in [-0.25, -0.2) is 0 Å². The number of nitrogens with two attached hydrogens (primary N) is 1. The van der Waals surface area contributed by atoms with Crippen molar-refractivity contribution in [3.63, 3.8) is 0 Å². The normalized spacial score (nSPS) is 24.7. The Kier molecular flexibility index (Phi) is 4.23. The van der Waals surface area contributed by atoms with Gasteiger partial charge in [-0.3, -0.25) is 9.79 Å². The van der Waals surface area contributed by atoms with Crippen LogP contribution in [0.3, 0.4) is 0 Å². The number of allylic oxidation sites excluding steroid dienone is 4. The van der Waals surface area contributed by atoms with Crippen LogP contribution < -0.4 is 5.84 Å². The fourth-order valence-electron chi connectivity index (χ4n) is 3.95. The van der Waals surface area contributed by atoms with E-state index in [1.165, 1.54) is 0 Å². The molecule has 4 aliphatic rings. The quantitative estimate of drug-likeness (QED) is 0.640. The fraction of sp³-hybridized carbons (Fsp3) is 0.174. The first-order valence-electron chi connectivity index (χ1n) is 9.77. The number of carbonyl (C=O) groups excluding carboxylic acids is 1. The molecule has 1 aromatic carbocycles. The van der Waals surface area contributed by atoms with Crippen LogP contribution in [-0.2, 0) is 11.2 Å². The lowest BCUT2D eigenvalue weighted by Gasteiger charge is -2.31. The van der Waals surface area contributed by atoms with Gasteiger partial charge in [-0.05, 0) is 12.0 Å². The summed E-state index contributed by atoms with van der Waals surface area (Å²) in [6.45, 7) is 1.24. The van der Waals surface area contributed by atoms with Gasteiger partial charge in [0.25, 0.3) is 5.84 Å². The average Bonchev–Trinajstić information content (AvgIpc) is 3.00. The summed E-state index contributed by atoms with van der Waals surface area (Å²) in [5.74, 6) is 7.70. The summed E-state index contributed by atoms with van der Waals surface area (Å²) in [4.78, 5) is 23.7. The SMILES string of the molecule is N[N+]12C=CN=CC1=C(C1=CC=C1)N=C2C1=CCN(C(=O)Cc2ccccc2)CC1. The molecule has 1 aliphatic carbocycles. The summed E-state index contributed by atoms with van der Waals surface area (Å²) in [5, 5.41) is 0. The number of hydrogen-bond acceptors (Lipinski definition) is 4. The van der Waals surface area contributed by atoms with Gasteiger partial charge in [-0.15, -0.1) is 4.59 Å². The summed E-state index contributed by atoms with van der Waals surface area (Å²) >= 11 is 0. The monoisotopic (exact) mass is 384 g/mol. The molecular formula is C23H22N5O+. The number of fused-ring (bicyclic) bond motifs is 1. The first kappa shape index (κ1) is 17.7. The minimum absolute atomic E-state index is 0.0355. The van der Waals surface area contributed by atoms with E-state index in [0.29, 0.717) is 19.5 Å². The molecule has 0 fully saturated rings. The predicted octanol–water partition coefficient (Wildman–Crippen LogP) is 2.75. The van der Waals surface area contributed by atoms with Gasteiger partial charge in [0.1, 0.15) is 11.9 Å².